The van der Waals surface area contributed by atoms with Gasteiger partial charge in [-0.05, 0) is 17.7 Å². The Morgan fingerprint density at radius 3 is 2.05 bits per heavy atom. The fourth-order valence-electron chi connectivity index (χ4n) is 1.71. The van der Waals surface area contributed by atoms with Crippen LogP contribution in [0.15, 0.2) is 60.7 Å². The largest absolute Gasteiger partial charge is 0.478 e. The van der Waals surface area contributed by atoms with Gasteiger partial charge < -0.3 is 5.11 Å². The van der Waals surface area contributed by atoms with Gasteiger partial charge >= 0.3 is 5.97 Å². The highest BCUT2D eigenvalue weighted by atomic mass is 16.4. The van der Waals surface area contributed by atoms with Crippen LogP contribution in [0.1, 0.15) is 26.3 Å². The molecule has 0 aliphatic rings. The maximum absolute atomic E-state index is 12.0. The molecule has 0 heterocycles. The predicted molar refractivity (Wildman–Crippen MR) is 73.2 cm³/mol. The van der Waals surface area contributed by atoms with Gasteiger partial charge in [0.25, 0.3) is 0 Å². The second-order valence-corrected chi connectivity index (χ2v) is 3.96. The molecule has 2 aromatic rings. The fourth-order valence-corrected chi connectivity index (χ4v) is 1.71. The first-order chi connectivity index (χ1) is 9.18. The Morgan fingerprint density at radius 2 is 1.42 bits per heavy atom. The van der Waals surface area contributed by atoms with Crippen molar-refractivity contribution in [1.29, 1.82) is 0 Å². The zero-order chi connectivity index (χ0) is 13.7. The fraction of sp³-hybridized carbons (Fsp3) is 0. The van der Waals surface area contributed by atoms with Gasteiger partial charge in [0.2, 0.25) is 0 Å². The van der Waals surface area contributed by atoms with E-state index in [1.165, 1.54) is 18.2 Å². The van der Waals surface area contributed by atoms with E-state index in [1.807, 2.05) is 30.3 Å². The molecule has 0 spiro atoms. The normalized spacial score (nSPS) is 10.5. The van der Waals surface area contributed by atoms with E-state index in [1.54, 1.807) is 18.2 Å². The van der Waals surface area contributed by atoms with E-state index in [-0.39, 0.29) is 16.9 Å². The molecule has 0 aromatic heterocycles. The van der Waals surface area contributed by atoms with Crippen molar-refractivity contribution < 1.29 is 14.7 Å². The molecule has 0 unspecified atom stereocenters. The Bertz CT molecular complexity index is 627. The average Bonchev–Trinajstić information content (AvgIpc) is 2.46. The van der Waals surface area contributed by atoms with Crippen molar-refractivity contribution in [2.75, 3.05) is 0 Å². The molecule has 1 N–H and O–H groups in total. The number of allylic oxidation sites excluding steroid dienone is 1. The Balaban J connectivity index is 2.26. The Labute approximate surface area is 110 Å². The first-order valence-electron chi connectivity index (χ1n) is 5.78. The number of aromatic carboxylic acids is 1. The monoisotopic (exact) mass is 252 g/mol. The highest BCUT2D eigenvalue weighted by Gasteiger charge is 2.13. The molecule has 0 radical (unpaired) electrons. The topological polar surface area (TPSA) is 54.4 Å². The molecule has 0 aliphatic heterocycles. The van der Waals surface area contributed by atoms with Gasteiger partial charge in [0.15, 0.2) is 5.78 Å². The average molecular weight is 252 g/mol. The van der Waals surface area contributed by atoms with E-state index in [0.717, 1.165) is 5.56 Å². The third-order valence-electron chi connectivity index (χ3n) is 2.65. The summed E-state index contributed by atoms with van der Waals surface area (Å²) in [7, 11) is 0. The van der Waals surface area contributed by atoms with E-state index in [0.29, 0.717) is 0 Å². The molecule has 94 valence electrons. The second-order valence-electron chi connectivity index (χ2n) is 3.96. The number of carbonyl (C=O) groups is 2. The van der Waals surface area contributed by atoms with Crippen LogP contribution in [0.5, 0.6) is 0 Å². The zero-order valence-corrected chi connectivity index (χ0v) is 10.1. The van der Waals surface area contributed by atoms with Crippen LogP contribution in [0.3, 0.4) is 0 Å². The SMILES string of the molecule is O=C(O)c1ccccc1C(=O)/C=C/c1ccccc1. The quantitative estimate of drug-likeness (QED) is 0.671. The molecule has 3 heteroatoms. The minimum Gasteiger partial charge on any atom is -0.478 e. The Morgan fingerprint density at radius 1 is 0.842 bits per heavy atom. The van der Waals surface area contributed by atoms with E-state index in [9.17, 15) is 9.59 Å². The third kappa shape index (κ3) is 3.16. The molecular weight excluding hydrogens is 240 g/mol. The van der Waals surface area contributed by atoms with Crippen molar-refractivity contribution in [2.45, 2.75) is 0 Å². The number of hydrogen-bond donors (Lipinski definition) is 1. The maximum atomic E-state index is 12.0. The van der Waals surface area contributed by atoms with Crippen molar-refractivity contribution in [3.8, 4) is 0 Å². The van der Waals surface area contributed by atoms with E-state index >= 15 is 0 Å². The number of ketones is 1. The summed E-state index contributed by atoms with van der Waals surface area (Å²) < 4.78 is 0. The summed E-state index contributed by atoms with van der Waals surface area (Å²) >= 11 is 0. The number of carbonyl (C=O) groups excluding carboxylic acids is 1. The van der Waals surface area contributed by atoms with Crippen LogP contribution in [0, 0.1) is 0 Å². The van der Waals surface area contributed by atoms with Crippen LogP contribution >= 0.6 is 0 Å². The van der Waals surface area contributed by atoms with Crippen molar-refractivity contribution in [2.24, 2.45) is 0 Å². The van der Waals surface area contributed by atoms with Gasteiger partial charge in [0.1, 0.15) is 0 Å². The summed E-state index contributed by atoms with van der Waals surface area (Å²) in [5, 5.41) is 9.02. The standard InChI is InChI=1S/C16H12O3/c17-15(11-10-12-6-2-1-3-7-12)13-8-4-5-9-14(13)16(18)19/h1-11H,(H,18,19)/b11-10+. The molecule has 0 saturated heterocycles. The molecule has 0 atom stereocenters. The maximum Gasteiger partial charge on any atom is 0.336 e. The van der Waals surface area contributed by atoms with E-state index in [4.69, 9.17) is 5.11 Å². The van der Waals surface area contributed by atoms with Crippen molar-refractivity contribution in [3.63, 3.8) is 0 Å². The summed E-state index contributed by atoms with van der Waals surface area (Å²) in [6.45, 7) is 0. The molecule has 0 saturated carbocycles. The first-order valence-corrected chi connectivity index (χ1v) is 5.78. The van der Waals surface area contributed by atoms with Crippen LogP contribution in [-0.4, -0.2) is 16.9 Å². The molecule has 0 fully saturated rings. The van der Waals surface area contributed by atoms with Gasteiger partial charge in [-0.2, -0.15) is 0 Å². The van der Waals surface area contributed by atoms with Gasteiger partial charge in [-0.15, -0.1) is 0 Å². The van der Waals surface area contributed by atoms with Gasteiger partial charge in [0, 0.05) is 5.56 Å². The lowest BCUT2D eigenvalue weighted by Crippen LogP contribution is -2.06. The minimum atomic E-state index is -1.10. The molecule has 3 nitrogen and oxygen atoms in total. The van der Waals surface area contributed by atoms with E-state index < -0.39 is 5.97 Å². The summed E-state index contributed by atoms with van der Waals surface area (Å²) in [6, 6.07) is 15.5. The molecule has 0 amide bonds. The first kappa shape index (κ1) is 12.8. The minimum absolute atomic E-state index is 0.0187. The van der Waals surface area contributed by atoms with E-state index in [2.05, 4.69) is 0 Å². The lowest BCUT2D eigenvalue weighted by molar-refractivity contribution is 0.0693. The number of carboxylic acids is 1. The zero-order valence-electron chi connectivity index (χ0n) is 10.1. The molecule has 0 aliphatic carbocycles. The summed E-state index contributed by atoms with van der Waals surface area (Å²) in [6.07, 6.45) is 3.05. The van der Waals surface area contributed by atoms with Crippen LogP contribution in [0.2, 0.25) is 0 Å². The molecule has 2 rings (SSSR count). The number of carboxylic acid groups (broad SMARTS) is 1. The number of benzene rings is 2. The van der Waals surface area contributed by atoms with Crippen molar-refractivity contribution >= 4 is 17.8 Å². The molecule has 2 aromatic carbocycles. The van der Waals surface area contributed by atoms with Gasteiger partial charge in [0.05, 0.1) is 5.56 Å². The lowest BCUT2D eigenvalue weighted by Gasteiger charge is -2.01. The van der Waals surface area contributed by atoms with Gasteiger partial charge in [-0.1, -0.05) is 54.6 Å². The van der Waals surface area contributed by atoms with Crippen LogP contribution in [0.4, 0.5) is 0 Å². The van der Waals surface area contributed by atoms with Crippen molar-refractivity contribution in [3.05, 3.63) is 77.4 Å². The molecule has 0 bridgehead atoms. The van der Waals surface area contributed by atoms with Crippen LogP contribution in [-0.2, 0) is 0 Å². The predicted octanol–water partition coefficient (Wildman–Crippen LogP) is 3.28. The number of rotatable bonds is 4. The summed E-state index contributed by atoms with van der Waals surface area (Å²) in [5.74, 6) is -1.42. The highest BCUT2D eigenvalue weighted by Crippen LogP contribution is 2.11. The molecular formula is C16H12O3. The molecule has 19 heavy (non-hydrogen) atoms. The Kier molecular flexibility index (Phi) is 3.88. The highest BCUT2D eigenvalue weighted by molar-refractivity contribution is 6.12. The van der Waals surface area contributed by atoms with Gasteiger partial charge in [-0.3, -0.25) is 4.79 Å². The lowest BCUT2D eigenvalue weighted by atomic mass is 10.0. The summed E-state index contributed by atoms with van der Waals surface area (Å²) in [4.78, 5) is 23.0. The van der Waals surface area contributed by atoms with Crippen LogP contribution < -0.4 is 0 Å². The van der Waals surface area contributed by atoms with Crippen molar-refractivity contribution in [1.82, 2.24) is 0 Å². The summed E-state index contributed by atoms with van der Waals surface area (Å²) in [5.41, 5.74) is 1.11. The van der Waals surface area contributed by atoms with Crippen LogP contribution in [0.25, 0.3) is 6.08 Å². The second kappa shape index (κ2) is 5.78. The van der Waals surface area contributed by atoms with Gasteiger partial charge in [-0.25, -0.2) is 4.79 Å². The Hall–Kier alpha value is -2.68. The smallest absolute Gasteiger partial charge is 0.336 e. The number of hydrogen-bond acceptors (Lipinski definition) is 2. The third-order valence-corrected chi connectivity index (χ3v) is 2.65.